The lowest BCUT2D eigenvalue weighted by molar-refractivity contribution is -0.121. The van der Waals surface area contributed by atoms with E-state index in [9.17, 15) is 9.18 Å². The van der Waals surface area contributed by atoms with Gasteiger partial charge in [-0.25, -0.2) is 4.39 Å². The summed E-state index contributed by atoms with van der Waals surface area (Å²) in [4.78, 5) is 12.4. The molecule has 0 unspecified atom stereocenters. The van der Waals surface area contributed by atoms with Crippen molar-refractivity contribution in [2.75, 3.05) is 7.11 Å². The third kappa shape index (κ3) is 3.72. The van der Waals surface area contributed by atoms with Gasteiger partial charge in [0.2, 0.25) is 5.91 Å². The van der Waals surface area contributed by atoms with Gasteiger partial charge in [-0.05, 0) is 42.7 Å². The number of hydrogen-bond acceptors (Lipinski definition) is 3. The molecule has 0 aliphatic heterocycles. The van der Waals surface area contributed by atoms with Crippen LogP contribution in [0.5, 0.6) is 5.75 Å². The first kappa shape index (κ1) is 18.0. The first-order valence-electron chi connectivity index (χ1n) is 8.63. The van der Waals surface area contributed by atoms with Crippen molar-refractivity contribution in [2.24, 2.45) is 0 Å². The molecule has 1 heterocycles. The molecule has 0 fully saturated rings. The number of methoxy groups -OCH3 is 1. The number of hydrogen-bond donors (Lipinski definition) is 1. The molecule has 0 saturated carbocycles. The highest BCUT2D eigenvalue weighted by Gasteiger charge is 2.15. The van der Waals surface area contributed by atoms with Crippen LogP contribution in [0.25, 0.3) is 11.0 Å². The van der Waals surface area contributed by atoms with Gasteiger partial charge in [-0.3, -0.25) is 4.79 Å². The number of ether oxygens (including phenoxy) is 1. The van der Waals surface area contributed by atoms with E-state index in [0.717, 1.165) is 23.0 Å². The predicted molar refractivity (Wildman–Crippen MR) is 98.8 cm³/mol. The second-order valence-electron chi connectivity index (χ2n) is 6.30. The van der Waals surface area contributed by atoms with Crippen LogP contribution >= 0.6 is 0 Å². The van der Waals surface area contributed by atoms with Crippen molar-refractivity contribution in [1.82, 2.24) is 5.32 Å². The minimum Gasteiger partial charge on any atom is -0.494 e. The van der Waals surface area contributed by atoms with Crippen molar-refractivity contribution in [1.29, 1.82) is 0 Å². The molecule has 26 heavy (non-hydrogen) atoms. The van der Waals surface area contributed by atoms with Crippen LogP contribution in [0.1, 0.15) is 36.6 Å². The van der Waals surface area contributed by atoms with Crippen LogP contribution in [0.4, 0.5) is 4.39 Å². The third-order valence-electron chi connectivity index (χ3n) is 4.53. The standard InChI is InChI=1S/C21H22FNO3/c1-4-14-5-7-17-16(12-26-20(17)9-14)11-21(24)23-13(2)15-6-8-19(25-3)18(22)10-15/h5-10,12-13H,4,11H2,1-3H3,(H,23,24)/t13-/m1/s1. The number of carbonyl (C=O) groups excluding carboxylic acids is 1. The Morgan fingerprint density at radius 3 is 2.77 bits per heavy atom. The van der Waals surface area contributed by atoms with E-state index in [4.69, 9.17) is 9.15 Å². The van der Waals surface area contributed by atoms with Crippen LogP contribution in [0.3, 0.4) is 0 Å². The molecule has 5 heteroatoms. The Bertz CT molecular complexity index is 932. The lowest BCUT2D eigenvalue weighted by atomic mass is 10.1. The molecule has 3 rings (SSSR count). The molecule has 1 N–H and O–H groups in total. The molecule has 0 radical (unpaired) electrons. The summed E-state index contributed by atoms with van der Waals surface area (Å²) < 4.78 is 24.3. The van der Waals surface area contributed by atoms with E-state index in [2.05, 4.69) is 12.2 Å². The number of furan rings is 1. The first-order chi connectivity index (χ1) is 12.5. The Morgan fingerprint density at radius 2 is 2.08 bits per heavy atom. The summed E-state index contributed by atoms with van der Waals surface area (Å²) in [6.45, 7) is 3.90. The van der Waals surface area contributed by atoms with Crippen molar-refractivity contribution < 1.29 is 18.3 Å². The van der Waals surface area contributed by atoms with E-state index in [0.29, 0.717) is 5.56 Å². The zero-order valence-corrected chi connectivity index (χ0v) is 15.1. The molecule has 1 aromatic heterocycles. The average molecular weight is 355 g/mol. The number of carbonyl (C=O) groups is 1. The minimum atomic E-state index is -0.446. The summed E-state index contributed by atoms with van der Waals surface area (Å²) >= 11 is 0. The third-order valence-corrected chi connectivity index (χ3v) is 4.53. The second kappa shape index (κ2) is 7.60. The Balaban J connectivity index is 1.69. The fourth-order valence-electron chi connectivity index (χ4n) is 2.99. The zero-order chi connectivity index (χ0) is 18.7. The smallest absolute Gasteiger partial charge is 0.225 e. The molecule has 0 bridgehead atoms. The zero-order valence-electron chi connectivity index (χ0n) is 15.1. The highest BCUT2D eigenvalue weighted by Crippen LogP contribution is 2.24. The number of halogens is 1. The molecule has 0 spiro atoms. The lowest BCUT2D eigenvalue weighted by Gasteiger charge is -2.15. The van der Waals surface area contributed by atoms with Gasteiger partial charge in [-0.1, -0.05) is 25.1 Å². The maximum absolute atomic E-state index is 13.8. The summed E-state index contributed by atoms with van der Waals surface area (Å²) in [5.74, 6) is -0.404. The molecule has 2 aromatic carbocycles. The van der Waals surface area contributed by atoms with Crippen molar-refractivity contribution in [3.8, 4) is 5.75 Å². The molecule has 1 atom stereocenters. The van der Waals surface area contributed by atoms with Gasteiger partial charge < -0.3 is 14.5 Å². The van der Waals surface area contributed by atoms with Crippen LogP contribution < -0.4 is 10.1 Å². The van der Waals surface area contributed by atoms with E-state index in [1.807, 2.05) is 25.1 Å². The van der Waals surface area contributed by atoms with E-state index in [1.54, 1.807) is 18.4 Å². The molecule has 0 aliphatic rings. The van der Waals surface area contributed by atoms with Crippen molar-refractivity contribution in [3.63, 3.8) is 0 Å². The van der Waals surface area contributed by atoms with Gasteiger partial charge in [-0.15, -0.1) is 0 Å². The summed E-state index contributed by atoms with van der Waals surface area (Å²) in [5, 5.41) is 3.84. The lowest BCUT2D eigenvalue weighted by Crippen LogP contribution is -2.28. The van der Waals surface area contributed by atoms with Gasteiger partial charge in [0.05, 0.1) is 25.8 Å². The quantitative estimate of drug-likeness (QED) is 0.705. The summed E-state index contributed by atoms with van der Waals surface area (Å²) in [5.41, 5.74) is 3.50. The van der Waals surface area contributed by atoms with Crippen LogP contribution in [0.2, 0.25) is 0 Å². The van der Waals surface area contributed by atoms with Gasteiger partial charge in [0, 0.05) is 10.9 Å². The molecule has 3 aromatic rings. The van der Waals surface area contributed by atoms with Crippen molar-refractivity contribution in [3.05, 3.63) is 65.2 Å². The largest absolute Gasteiger partial charge is 0.494 e. The summed E-state index contributed by atoms with van der Waals surface area (Å²) in [6.07, 6.45) is 2.77. The van der Waals surface area contributed by atoms with Gasteiger partial charge >= 0.3 is 0 Å². The Morgan fingerprint density at radius 1 is 1.27 bits per heavy atom. The number of nitrogens with one attached hydrogen (secondary N) is 1. The summed E-state index contributed by atoms with van der Waals surface area (Å²) in [6, 6.07) is 10.4. The second-order valence-corrected chi connectivity index (χ2v) is 6.30. The monoisotopic (exact) mass is 355 g/mol. The minimum absolute atomic E-state index is 0.143. The SMILES string of the molecule is CCc1ccc2c(CC(=O)N[C@H](C)c3ccc(OC)c(F)c3)coc2c1. The van der Waals surface area contributed by atoms with Crippen LogP contribution in [0, 0.1) is 5.82 Å². The summed E-state index contributed by atoms with van der Waals surface area (Å²) in [7, 11) is 1.42. The normalized spacial score (nSPS) is 12.2. The number of aryl methyl sites for hydroxylation is 1. The molecule has 4 nitrogen and oxygen atoms in total. The van der Waals surface area contributed by atoms with E-state index < -0.39 is 5.82 Å². The first-order valence-corrected chi connectivity index (χ1v) is 8.63. The number of benzene rings is 2. The molecule has 136 valence electrons. The molecular weight excluding hydrogens is 333 g/mol. The number of amides is 1. The highest BCUT2D eigenvalue weighted by molar-refractivity contribution is 5.88. The molecule has 1 amide bonds. The Kier molecular flexibility index (Phi) is 5.26. The maximum Gasteiger partial charge on any atom is 0.225 e. The fraction of sp³-hybridized carbons (Fsp3) is 0.286. The van der Waals surface area contributed by atoms with E-state index in [-0.39, 0.29) is 24.1 Å². The molecule has 0 saturated heterocycles. The van der Waals surface area contributed by atoms with Crippen molar-refractivity contribution >= 4 is 16.9 Å². The Labute approximate surface area is 152 Å². The maximum atomic E-state index is 13.8. The van der Waals surface area contributed by atoms with E-state index in [1.165, 1.54) is 18.7 Å². The number of fused-ring (bicyclic) bond motifs is 1. The molecular formula is C21H22FNO3. The van der Waals surface area contributed by atoms with Gasteiger partial charge in [0.25, 0.3) is 0 Å². The average Bonchev–Trinajstić information content (AvgIpc) is 3.03. The highest BCUT2D eigenvalue weighted by atomic mass is 19.1. The molecule has 0 aliphatic carbocycles. The topological polar surface area (TPSA) is 51.5 Å². The van der Waals surface area contributed by atoms with Crippen LogP contribution in [-0.4, -0.2) is 13.0 Å². The van der Waals surface area contributed by atoms with Gasteiger partial charge in [-0.2, -0.15) is 0 Å². The van der Waals surface area contributed by atoms with Gasteiger partial charge in [0.15, 0.2) is 11.6 Å². The van der Waals surface area contributed by atoms with Crippen LogP contribution in [-0.2, 0) is 17.6 Å². The number of rotatable bonds is 6. The fourth-order valence-corrected chi connectivity index (χ4v) is 2.99. The predicted octanol–water partition coefficient (Wildman–Crippen LogP) is 4.56. The Hall–Kier alpha value is -2.82. The van der Waals surface area contributed by atoms with Gasteiger partial charge in [0.1, 0.15) is 5.58 Å². The van der Waals surface area contributed by atoms with Crippen molar-refractivity contribution in [2.45, 2.75) is 32.7 Å². The van der Waals surface area contributed by atoms with Crippen LogP contribution in [0.15, 0.2) is 47.1 Å². The van der Waals surface area contributed by atoms with E-state index >= 15 is 0 Å².